The van der Waals surface area contributed by atoms with Crippen molar-refractivity contribution in [2.75, 3.05) is 19.7 Å². The smallest absolute Gasteiger partial charge is 0.103 e. The third kappa shape index (κ3) is 2.97. The molecule has 2 N–H and O–H groups in total. The minimum absolute atomic E-state index is 0.165. The molecule has 1 saturated heterocycles. The Hall–Kier alpha value is -2.11. The Kier molecular flexibility index (Phi) is 4.36. The van der Waals surface area contributed by atoms with E-state index in [-0.39, 0.29) is 6.10 Å². The van der Waals surface area contributed by atoms with Gasteiger partial charge in [0.15, 0.2) is 0 Å². The number of hydrogen-bond acceptors (Lipinski definition) is 3. The zero-order valence-corrected chi connectivity index (χ0v) is 14.0. The average molecular weight is 324 g/mol. The second-order valence-electron chi connectivity index (χ2n) is 6.53. The molecular weight excluding hydrogens is 300 g/mol. The Morgan fingerprint density at radius 1 is 1.33 bits per heavy atom. The van der Waals surface area contributed by atoms with Gasteiger partial charge in [-0.3, -0.25) is 4.68 Å². The molecule has 0 unspecified atom stereocenters. The summed E-state index contributed by atoms with van der Waals surface area (Å²) in [7, 11) is 1.99. The fourth-order valence-corrected chi connectivity index (χ4v) is 3.71. The average Bonchev–Trinajstić information content (AvgIpc) is 3.31. The number of hydrogen-bond donors (Lipinski definition) is 2. The highest BCUT2D eigenvalue weighted by molar-refractivity contribution is 5.82. The molecule has 0 amide bonds. The summed E-state index contributed by atoms with van der Waals surface area (Å²) in [5.74, 6) is 0.517. The van der Waals surface area contributed by atoms with Crippen molar-refractivity contribution in [2.45, 2.75) is 18.9 Å². The van der Waals surface area contributed by atoms with E-state index >= 15 is 0 Å². The molecule has 24 heavy (non-hydrogen) atoms. The Balaban J connectivity index is 1.32. The zero-order chi connectivity index (χ0) is 16.4. The normalized spacial score (nSPS) is 20.9. The molecule has 2 atom stereocenters. The third-order valence-corrected chi connectivity index (χ3v) is 5.03. The fraction of sp³-hybridized carbons (Fsp3) is 0.421. The molecule has 4 rings (SSSR count). The molecular formula is C19H24N4O. The Morgan fingerprint density at radius 2 is 2.29 bits per heavy atom. The molecule has 0 radical (unpaired) electrons. The fourth-order valence-electron chi connectivity index (χ4n) is 3.71. The van der Waals surface area contributed by atoms with Gasteiger partial charge < -0.3 is 15.0 Å². The van der Waals surface area contributed by atoms with Gasteiger partial charge in [-0.2, -0.15) is 5.10 Å². The molecule has 1 aromatic carbocycles. The Bertz CT molecular complexity index is 806. The van der Waals surface area contributed by atoms with Gasteiger partial charge in [-0.05, 0) is 43.1 Å². The zero-order valence-electron chi connectivity index (χ0n) is 14.0. The van der Waals surface area contributed by atoms with Crippen molar-refractivity contribution in [3.63, 3.8) is 0 Å². The molecule has 0 bridgehead atoms. The second kappa shape index (κ2) is 6.79. The molecule has 0 spiro atoms. The number of nitrogens with one attached hydrogen (secondary N) is 2. The van der Waals surface area contributed by atoms with Gasteiger partial charge in [-0.1, -0.05) is 12.1 Å². The lowest BCUT2D eigenvalue weighted by atomic mass is 9.98. The molecule has 0 aliphatic carbocycles. The van der Waals surface area contributed by atoms with Crippen LogP contribution >= 0.6 is 0 Å². The van der Waals surface area contributed by atoms with Crippen LogP contribution in [0.1, 0.15) is 23.8 Å². The standard InChI is InChI=1S/C19H24N4O/c1-23-18(7-11-22-23)19-15(8-12-24-19)13-20-9-5-14-3-2-4-17-16(14)6-10-21-17/h2-4,6-7,10-11,15,19-21H,5,8-9,12-13H2,1H3/t15-,19+/m0/s1. The first-order valence-corrected chi connectivity index (χ1v) is 8.68. The Morgan fingerprint density at radius 3 is 3.17 bits per heavy atom. The SMILES string of the molecule is Cn1nccc1[C@@H]1OCC[C@H]1CNCCc1cccc2[nH]ccc12. The quantitative estimate of drug-likeness (QED) is 0.686. The monoisotopic (exact) mass is 324 g/mol. The van der Waals surface area contributed by atoms with Gasteiger partial charge in [0.25, 0.3) is 0 Å². The number of aryl methyl sites for hydroxylation is 1. The first-order valence-electron chi connectivity index (χ1n) is 8.68. The molecule has 126 valence electrons. The number of rotatable bonds is 6. The summed E-state index contributed by atoms with van der Waals surface area (Å²) in [6, 6.07) is 10.7. The molecule has 2 aromatic heterocycles. The highest BCUT2D eigenvalue weighted by Crippen LogP contribution is 2.33. The summed E-state index contributed by atoms with van der Waals surface area (Å²) in [4.78, 5) is 3.28. The number of aromatic amines is 1. The van der Waals surface area contributed by atoms with Crippen LogP contribution < -0.4 is 5.32 Å². The van der Waals surface area contributed by atoms with Gasteiger partial charge in [-0.15, -0.1) is 0 Å². The number of ether oxygens (including phenoxy) is 1. The minimum Gasteiger partial charge on any atom is -0.372 e. The summed E-state index contributed by atoms with van der Waals surface area (Å²) < 4.78 is 7.87. The highest BCUT2D eigenvalue weighted by atomic mass is 16.5. The van der Waals surface area contributed by atoms with Gasteiger partial charge in [-0.25, -0.2) is 0 Å². The summed E-state index contributed by atoms with van der Waals surface area (Å²) in [6.45, 7) is 2.81. The van der Waals surface area contributed by atoms with Crippen LogP contribution in [-0.4, -0.2) is 34.5 Å². The maximum atomic E-state index is 5.95. The lowest BCUT2D eigenvalue weighted by Gasteiger charge is -2.19. The van der Waals surface area contributed by atoms with E-state index in [0.717, 1.165) is 32.5 Å². The van der Waals surface area contributed by atoms with E-state index in [1.165, 1.54) is 22.2 Å². The lowest BCUT2D eigenvalue weighted by molar-refractivity contribution is 0.0839. The molecule has 1 aliphatic heterocycles. The number of H-pyrrole nitrogens is 1. The summed E-state index contributed by atoms with van der Waals surface area (Å²) in [6.07, 6.45) is 6.17. The number of nitrogens with zero attached hydrogens (tertiary/aromatic N) is 2. The molecule has 3 aromatic rings. The van der Waals surface area contributed by atoms with Crippen LogP contribution in [0.5, 0.6) is 0 Å². The highest BCUT2D eigenvalue weighted by Gasteiger charge is 2.31. The van der Waals surface area contributed by atoms with E-state index in [9.17, 15) is 0 Å². The van der Waals surface area contributed by atoms with Crippen molar-refractivity contribution >= 4 is 10.9 Å². The first kappa shape index (κ1) is 15.4. The third-order valence-electron chi connectivity index (χ3n) is 5.03. The van der Waals surface area contributed by atoms with E-state index in [1.807, 2.05) is 24.1 Å². The summed E-state index contributed by atoms with van der Waals surface area (Å²) in [5.41, 5.74) is 3.79. The molecule has 1 aliphatic rings. The van der Waals surface area contributed by atoms with E-state index < -0.39 is 0 Å². The number of fused-ring (bicyclic) bond motifs is 1. The van der Waals surface area contributed by atoms with Crippen molar-refractivity contribution in [2.24, 2.45) is 13.0 Å². The molecule has 1 fully saturated rings. The summed E-state index contributed by atoms with van der Waals surface area (Å²) >= 11 is 0. The molecule has 5 nitrogen and oxygen atoms in total. The minimum atomic E-state index is 0.165. The van der Waals surface area contributed by atoms with Crippen LogP contribution in [0.4, 0.5) is 0 Å². The topological polar surface area (TPSA) is 54.9 Å². The Labute approximate surface area is 142 Å². The van der Waals surface area contributed by atoms with Crippen LogP contribution in [-0.2, 0) is 18.2 Å². The summed E-state index contributed by atoms with van der Waals surface area (Å²) in [5, 5.41) is 9.22. The van der Waals surface area contributed by atoms with Crippen molar-refractivity contribution in [1.29, 1.82) is 0 Å². The van der Waals surface area contributed by atoms with Crippen LogP contribution in [0.25, 0.3) is 10.9 Å². The van der Waals surface area contributed by atoms with Gasteiger partial charge >= 0.3 is 0 Å². The van der Waals surface area contributed by atoms with Crippen molar-refractivity contribution < 1.29 is 4.74 Å². The first-order chi connectivity index (χ1) is 11.8. The van der Waals surface area contributed by atoms with Crippen LogP contribution in [0, 0.1) is 5.92 Å². The second-order valence-corrected chi connectivity index (χ2v) is 6.53. The van der Waals surface area contributed by atoms with E-state index in [2.05, 4.69) is 45.7 Å². The molecule has 0 saturated carbocycles. The van der Waals surface area contributed by atoms with Crippen molar-refractivity contribution in [1.82, 2.24) is 20.1 Å². The number of benzene rings is 1. The van der Waals surface area contributed by atoms with Crippen molar-refractivity contribution in [3.05, 3.63) is 54.0 Å². The lowest BCUT2D eigenvalue weighted by Crippen LogP contribution is -2.27. The van der Waals surface area contributed by atoms with Crippen LogP contribution in [0.15, 0.2) is 42.7 Å². The predicted molar refractivity (Wildman–Crippen MR) is 94.9 cm³/mol. The van der Waals surface area contributed by atoms with E-state index in [0.29, 0.717) is 5.92 Å². The largest absolute Gasteiger partial charge is 0.372 e. The van der Waals surface area contributed by atoms with E-state index in [4.69, 9.17) is 4.74 Å². The van der Waals surface area contributed by atoms with Gasteiger partial charge in [0, 0.05) is 49.4 Å². The maximum Gasteiger partial charge on any atom is 0.103 e. The number of aromatic nitrogens is 3. The maximum absolute atomic E-state index is 5.95. The molecule has 3 heterocycles. The van der Waals surface area contributed by atoms with Gasteiger partial charge in [0.1, 0.15) is 6.10 Å². The van der Waals surface area contributed by atoms with Gasteiger partial charge in [0.2, 0.25) is 0 Å². The van der Waals surface area contributed by atoms with Crippen LogP contribution in [0.2, 0.25) is 0 Å². The van der Waals surface area contributed by atoms with Crippen molar-refractivity contribution in [3.8, 4) is 0 Å². The van der Waals surface area contributed by atoms with Crippen LogP contribution in [0.3, 0.4) is 0 Å². The molecule has 5 heteroatoms. The van der Waals surface area contributed by atoms with E-state index in [1.54, 1.807) is 0 Å². The predicted octanol–water partition coefficient (Wildman–Crippen LogP) is 2.81. The van der Waals surface area contributed by atoms with Gasteiger partial charge in [0.05, 0.1) is 5.69 Å².